The first-order chi connectivity index (χ1) is 10.00. The van der Waals surface area contributed by atoms with E-state index >= 15 is 0 Å². The maximum absolute atomic E-state index is 12.4. The second-order valence-electron chi connectivity index (χ2n) is 5.03. The van der Waals surface area contributed by atoms with Crippen LogP contribution in [0.4, 0.5) is 4.79 Å². The Labute approximate surface area is 132 Å². The van der Waals surface area contributed by atoms with Crippen molar-refractivity contribution in [3.8, 4) is 0 Å². The van der Waals surface area contributed by atoms with Gasteiger partial charge < -0.3 is 10.0 Å². The van der Waals surface area contributed by atoms with Crippen LogP contribution in [-0.2, 0) is 19.9 Å². The van der Waals surface area contributed by atoms with Crippen LogP contribution in [0, 0.1) is 0 Å². The molecule has 1 aliphatic heterocycles. The number of carbonyl (C=O) groups is 1. The lowest BCUT2D eigenvalue weighted by Gasteiger charge is -2.34. The Morgan fingerprint density at radius 3 is 2.59 bits per heavy atom. The first-order valence-electron chi connectivity index (χ1n) is 6.40. The molecule has 1 aromatic rings. The van der Waals surface area contributed by atoms with Crippen LogP contribution >= 0.6 is 11.3 Å². The van der Waals surface area contributed by atoms with Crippen molar-refractivity contribution in [2.45, 2.75) is 40.0 Å². The van der Waals surface area contributed by atoms with E-state index < -0.39 is 37.2 Å². The van der Waals surface area contributed by atoms with E-state index in [1.165, 1.54) is 13.0 Å². The van der Waals surface area contributed by atoms with Gasteiger partial charge in [0.15, 0.2) is 9.84 Å². The van der Waals surface area contributed by atoms with Gasteiger partial charge in [0.2, 0.25) is 10.0 Å². The molecule has 2 heterocycles. The van der Waals surface area contributed by atoms with Gasteiger partial charge in [0.1, 0.15) is 8.42 Å². The molecule has 2 atom stereocenters. The number of sulfone groups is 1. The Morgan fingerprint density at radius 2 is 2.14 bits per heavy atom. The molecule has 1 aromatic heterocycles. The third-order valence-electron chi connectivity index (χ3n) is 3.65. The quantitative estimate of drug-likeness (QED) is 0.817. The predicted octanol–water partition coefficient (Wildman–Crippen LogP) is 1.00. The van der Waals surface area contributed by atoms with Crippen molar-refractivity contribution in [1.29, 1.82) is 0 Å². The zero-order chi connectivity index (χ0) is 16.9. The van der Waals surface area contributed by atoms with Crippen molar-refractivity contribution in [3.63, 3.8) is 0 Å². The minimum atomic E-state index is -4.05. The number of rotatable bonds is 3. The number of hydrogen-bond donors (Lipinski definition) is 2. The van der Waals surface area contributed by atoms with E-state index in [1.54, 1.807) is 6.92 Å². The molecule has 0 aromatic carbocycles. The summed E-state index contributed by atoms with van der Waals surface area (Å²) in [6, 6.07) is 0.470. The van der Waals surface area contributed by atoms with E-state index in [-0.39, 0.29) is 26.9 Å². The maximum atomic E-state index is 12.4. The third kappa shape index (κ3) is 2.73. The fourth-order valence-corrected chi connectivity index (χ4v) is 6.89. The fourth-order valence-electron chi connectivity index (χ4n) is 2.50. The van der Waals surface area contributed by atoms with E-state index in [9.17, 15) is 26.7 Å². The van der Waals surface area contributed by atoms with Crippen LogP contribution in [0.15, 0.2) is 14.5 Å². The van der Waals surface area contributed by atoms with E-state index in [0.717, 1.165) is 4.90 Å². The zero-order valence-electron chi connectivity index (χ0n) is 11.9. The molecule has 11 heteroatoms. The van der Waals surface area contributed by atoms with Crippen LogP contribution in [0.5, 0.6) is 0 Å². The molecule has 124 valence electrons. The first-order valence-corrected chi connectivity index (χ1v) is 10.3. The summed E-state index contributed by atoms with van der Waals surface area (Å²) in [5.74, 6) is 0. The Hall–Kier alpha value is -1.17. The van der Waals surface area contributed by atoms with Gasteiger partial charge in [0, 0.05) is 12.1 Å². The number of primary sulfonamides is 1. The molecule has 0 saturated carbocycles. The summed E-state index contributed by atoms with van der Waals surface area (Å²) in [6.07, 6.45) is -1.11. The van der Waals surface area contributed by atoms with Gasteiger partial charge in [0.25, 0.3) is 0 Å². The van der Waals surface area contributed by atoms with Gasteiger partial charge in [-0.3, -0.25) is 0 Å². The number of carboxylic acid groups (broad SMARTS) is 1. The summed E-state index contributed by atoms with van der Waals surface area (Å²) in [4.78, 5) is 12.4. The van der Waals surface area contributed by atoms with Gasteiger partial charge in [-0.25, -0.2) is 26.8 Å². The summed E-state index contributed by atoms with van der Waals surface area (Å²) in [5.41, 5.74) is 0.191. The monoisotopic (exact) mass is 368 g/mol. The molecule has 0 unspecified atom stereocenters. The normalized spacial score (nSPS) is 23.8. The molecule has 3 N–H and O–H groups in total. The van der Waals surface area contributed by atoms with Gasteiger partial charge in [-0.1, -0.05) is 0 Å². The molecule has 2 rings (SSSR count). The molecule has 0 saturated heterocycles. The summed E-state index contributed by atoms with van der Waals surface area (Å²) >= 11 is 0.576. The minimum absolute atomic E-state index is 0.0796. The first kappa shape index (κ1) is 17.2. The zero-order valence-corrected chi connectivity index (χ0v) is 14.3. The summed E-state index contributed by atoms with van der Waals surface area (Å²) in [5, 5.41) is 13.5. The molecule has 0 radical (unpaired) electrons. The Bertz CT molecular complexity index is 811. The van der Waals surface area contributed by atoms with Crippen LogP contribution in [0.3, 0.4) is 0 Å². The molecular formula is C11H16N2O6S3. The molecule has 1 amide bonds. The van der Waals surface area contributed by atoms with Crippen molar-refractivity contribution in [2.24, 2.45) is 5.14 Å². The SMILES string of the molecule is CCN(C(=O)O)[C@H]1C[C@H](C)S(=O)(=O)c2sc(S(N)(=O)=O)cc21. The third-order valence-corrected chi connectivity index (χ3v) is 8.96. The number of fused-ring (bicyclic) bond motifs is 1. The van der Waals surface area contributed by atoms with Crippen LogP contribution in [0.25, 0.3) is 0 Å². The number of thiophene rings is 1. The number of sulfonamides is 1. The Morgan fingerprint density at radius 1 is 1.55 bits per heavy atom. The lowest BCUT2D eigenvalue weighted by Crippen LogP contribution is -2.39. The fraction of sp³-hybridized carbons (Fsp3) is 0.545. The number of hydrogen-bond acceptors (Lipinski definition) is 6. The lowest BCUT2D eigenvalue weighted by molar-refractivity contribution is 0.123. The highest BCUT2D eigenvalue weighted by molar-refractivity contribution is 7.95. The average molecular weight is 368 g/mol. The van der Waals surface area contributed by atoms with E-state index in [4.69, 9.17) is 5.14 Å². The molecule has 0 aliphatic carbocycles. The molecule has 22 heavy (non-hydrogen) atoms. The van der Waals surface area contributed by atoms with Crippen LogP contribution in [0.1, 0.15) is 31.9 Å². The lowest BCUT2D eigenvalue weighted by atomic mass is 10.0. The average Bonchev–Trinajstić information content (AvgIpc) is 2.82. The highest BCUT2D eigenvalue weighted by Gasteiger charge is 2.42. The van der Waals surface area contributed by atoms with Crippen LogP contribution in [0.2, 0.25) is 0 Å². The molecule has 0 spiro atoms. The number of amides is 1. The van der Waals surface area contributed by atoms with Crippen LogP contribution in [-0.4, -0.2) is 44.7 Å². The summed E-state index contributed by atoms with van der Waals surface area (Å²) in [7, 11) is -7.73. The topological polar surface area (TPSA) is 135 Å². The largest absolute Gasteiger partial charge is 0.465 e. The van der Waals surface area contributed by atoms with Gasteiger partial charge in [-0.05, 0) is 26.3 Å². The van der Waals surface area contributed by atoms with Crippen molar-refractivity contribution in [2.75, 3.05) is 6.54 Å². The smallest absolute Gasteiger partial charge is 0.407 e. The highest BCUT2D eigenvalue weighted by Crippen LogP contribution is 2.44. The molecule has 0 fully saturated rings. The van der Waals surface area contributed by atoms with Crippen LogP contribution < -0.4 is 5.14 Å². The van der Waals surface area contributed by atoms with E-state index in [1.807, 2.05) is 0 Å². The summed E-state index contributed by atoms with van der Waals surface area (Å²) in [6.45, 7) is 3.28. The molecule has 1 aliphatic rings. The van der Waals surface area contributed by atoms with Gasteiger partial charge in [-0.2, -0.15) is 0 Å². The Kier molecular flexibility index (Phi) is 4.28. The number of nitrogens with two attached hydrogens (primary N) is 1. The van der Waals surface area contributed by atoms with Crippen molar-refractivity contribution in [1.82, 2.24) is 4.90 Å². The van der Waals surface area contributed by atoms with Gasteiger partial charge >= 0.3 is 6.09 Å². The molecule has 8 nitrogen and oxygen atoms in total. The van der Waals surface area contributed by atoms with Crippen molar-refractivity contribution in [3.05, 3.63) is 11.6 Å². The second-order valence-corrected chi connectivity index (χ2v) is 10.4. The molecular weight excluding hydrogens is 352 g/mol. The second kappa shape index (κ2) is 5.48. The van der Waals surface area contributed by atoms with E-state index in [2.05, 4.69) is 0 Å². The number of nitrogens with zero attached hydrogens (tertiary/aromatic N) is 1. The van der Waals surface area contributed by atoms with Crippen molar-refractivity contribution >= 4 is 37.3 Å². The van der Waals surface area contributed by atoms with E-state index in [0.29, 0.717) is 11.3 Å². The van der Waals surface area contributed by atoms with Gasteiger partial charge in [0.05, 0.1) is 11.3 Å². The Balaban J connectivity index is 2.70. The maximum Gasteiger partial charge on any atom is 0.407 e. The minimum Gasteiger partial charge on any atom is -0.465 e. The summed E-state index contributed by atoms with van der Waals surface area (Å²) < 4.78 is 47.3. The van der Waals surface area contributed by atoms with Gasteiger partial charge in [-0.15, -0.1) is 11.3 Å². The standard InChI is InChI=1S/C11H16N2O6S3/c1-3-13(11(14)15)8-4-6(2)21(16,17)10-7(8)5-9(20-10)22(12,18)19/h5-6,8H,3-4H2,1-2H3,(H,14,15)(H2,12,18,19)/t6-,8-/m0/s1. The van der Waals surface area contributed by atoms with Crippen molar-refractivity contribution < 1.29 is 26.7 Å². The molecule has 0 bridgehead atoms. The highest BCUT2D eigenvalue weighted by atomic mass is 32.3. The predicted molar refractivity (Wildman–Crippen MR) is 80.1 cm³/mol.